The van der Waals surface area contributed by atoms with Crippen LogP contribution in [0.4, 0.5) is 0 Å². The van der Waals surface area contributed by atoms with Crippen LogP contribution in [0.25, 0.3) is 0 Å². The first-order valence-electron chi connectivity index (χ1n) is 5.95. The maximum absolute atomic E-state index is 11.3. The Balaban J connectivity index is 3.33. The fraction of sp³-hybridized carbons (Fsp3) is 0.800. The minimum absolute atomic E-state index is 0.0850. The fourth-order valence-corrected chi connectivity index (χ4v) is 1.30. The van der Waals surface area contributed by atoms with E-state index < -0.39 is 11.3 Å². The molecule has 1 unspecified atom stereocenters. The number of amides is 1. The maximum atomic E-state index is 11.3. The van der Waals surface area contributed by atoms with Crippen LogP contribution in [0.5, 0.6) is 0 Å². The van der Waals surface area contributed by atoms with Crippen LogP contribution in [0, 0.1) is 10.1 Å². The minimum atomic E-state index is -0.886. The molecule has 0 radical (unpaired) electrons. The third kappa shape index (κ3) is 12.3. The highest BCUT2D eigenvalue weighted by Gasteiger charge is 2.03. The van der Waals surface area contributed by atoms with Crippen LogP contribution < -0.4 is 11.1 Å². The third-order valence-corrected chi connectivity index (χ3v) is 2.21. The average Bonchev–Trinajstić information content (AvgIpc) is 2.34. The van der Waals surface area contributed by atoms with Crippen molar-refractivity contribution in [3.63, 3.8) is 0 Å². The van der Waals surface area contributed by atoms with Crippen LogP contribution in [0.2, 0.25) is 0 Å². The Morgan fingerprint density at radius 2 is 2.16 bits per heavy atom. The molecule has 19 heavy (non-hydrogen) atoms. The van der Waals surface area contributed by atoms with Gasteiger partial charge in [-0.2, -0.15) is 0 Å². The molecule has 0 aromatic heterocycles. The van der Waals surface area contributed by atoms with E-state index in [1.807, 2.05) is 0 Å². The summed E-state index contributed by atoms with van der Waals surface area (Å²) in [6, 6.07) is 0. The lowest BCUT2D eigenvalue weighted by atomic mass is 10.2. The molecule has 9 nitrogen and oxygen atoms in total. The molecule has 0 aromatic carbocycles. The van der Waals surface area contributed by atoms with E-state index >= 15 is 0 Å². The normalized spacial score (nSPS) is 11.4. The third-order valence-electron chi connectivity index (χ3n) is 2.21. The van der Waals surface area contributed by atoms with Gasteiger partial charge in [-0.3, -0.25) is 15.3 Å². The van der Waals surface area contributed by atoms with Crippen molar-refractivity contribution < 1.29 is 24.3 Å². The predicted molar refractivity (Wildman–Crippen MR) is 64.2 cm³/mol. The molecule has 0 rings (SSSR count). The number of hydrogen-bond acceptors (Lipinski definition) is 7. The molecule has 0 aliphatic heterocycles. The number of nitrogens with zero attached hydrogens (tertiary/aromatic N) is 1. The molecule has 9 heteroatoms. The lowest BCUT2D eigenvalue weighted by Gasteiger charge is -2.09. The van der Waals surface area contributed by atoms with E-state index in [9.17, 15) is 19.7 Å². The first-order chi connectivity index (χ1) is 9.06. The van der Waals surface area contributed by atoms with Crippen molar-refractivity contribution in [2.24, 2.45) is 5.73 Å². The number of carbonyl (C=O) groups is 2. The van der Waals surface area contributed by atoms with Crippen molar-refractivity contribution in [1.29, 1.82) is 0 Å². The van der Waals surface area contributed by atoms with Gasteiger partial charge in [-0.1, -0.05) is 0 Å². The summed E-state index contributed by atoms with van der Waals surface area (Å²) in [6.45, 7) is 0.709. The number of carbonyl (C=O) groups excluding carboxylic acids is 2. The Morgan fingerprint density at radius 1 is 1.42 bits per heavy atom. The van der Waals surface area contributed by atoms with Crippen LogP contribution >= 0.6 is 0 Å². The van der Waals surface area contributed by atoms with Crippen molar-refractivity contribution in [3.05, 3.63) is 10.1 Å². The highest BCUT2D eigenvalue weighted by atomic mass is 16.9. The Kier molecular flexibility index (Phi) is 10.1. The van der Waals surface area contributed by atoms with Crippen molar-refractivity contribution in [2.45, 2.75) is 38.3 Å². The molecule has 1 atom stereocenters. The molecule has 110 valence electrons. The SMILES string of the molecule is NC(CCCCNC(=O)CCCO[N+](=O)[O-])OC=O. The van der Waals surface area contributed by atoms with Gasteiger partial charge < -0.3 is 14.9 Å². The largest absolute Gasteiger partial charge is 0.449 e. The van der Waals surface area contributed by atoms with Crippen molar-refractivity contribution in [1.82, 2.24) is 5.32 Å². The monoisotopic (exact) mass is 277 g/mol. The summed E-state index contributed by atoms with van der Waals surface area (Å²) >= 11 is 0. The maximum Gasteiger partial charge on any atom is 0.294 e. The summed E-state index contributed by atoms with van der Waals surface area (Å²) in [6.07, 6.45) is 1.84. The predicted octanol–water partition coefficient (Wildman–Crippen LogP) is -0.281. The topological polar surface area (TPSA) is 134 Å². The highest BCUT2D eigenvalue weighted by molar-refractivity contribution is 5.75. The van der Waals surface area contributed by atoms with Crippen LogP contribution in [0.3, 0.4) is 0 Å². The van der Waals surface area contributed by atoms with E-state index in [1.54, 1.807) is 0 Å². The molecule has 0 spiro atoms. The van der Waals surface area contributed by atoms with Crippen LogP contribution in [0.15, 0.2) is 0 Å². The van der Waals surface area contributed by atoms with E-state index in [-0.39, 0.29) is 18.9 Å². The number of nitrogens with two attached hydrogens (primary N) is 1. The van der Waals surface area contributed by atoms with Gasteiger partial charge in [-0.25, -0.2) is 0 Å². The zero-order valence-electron chi connectivity index (χ0n) is 10.6. The molecule has 0 fully saturated rings. The average molecular weight is 277 g/mol. The smallest absolute Gasteiger partial charge is 0.294 e. The van der Waals surface area contributed by atoms with Gasteiger partial charge >= 0.3 is 0 Å². The number of unbranched alkanes of at least 4 members (excludes halogenated alkanes) is 1. The summed E-state index contributed by atoms with van der Waals surface area (Å²) in [5.41, 5.74) is 5.42. The summed E-state index contributed by atoms with van der Waals surface area (Å²) < 4.78 is 4.50. The van der Waals surface area contributed by atoms with Crippen LogP contribution in [-0.4, -0.2) is 36.8 Å². The van der Waals surface area contributed by atoms with E-state index in [0.717, 1.165) is 6.42 Å². The Labute approximate surface area is 110 Å². The molecule has 0 bridgehead atoms. The fourth-order valence-electron chi connectivity index (χ4n) is 1.30. The van der Waals surface area contributed by atoms with E-state index in [2.05, 4.69) is 14.9 Å². The number of ether oxygens (including phenoxy) is 1. The molecule has 0 aliphatic carbocycles. The lowest BCUT2D eigenvalue weighted by molar-refractivity contribution is -0.757. The molecule has 1 amide bonds. The molecule has 0 aromatic rings. The van der Waals surface area contributed by atoms with Crippen molar-refractivity contribution in [2.75, 3.05) is 13.2 Å². The second-order valence-corrected chi connectivity index (χ2v) is 3.78. The Morgan fingerprint density at radius 3 is 2.79 bits per heavy atom. The first kappa shape index (κ1) is 17.1. The van der Waals surface area contributed by atoms with Crippen molar-refractivity contribution >= 4 is 12.4 Å². The molecular weight excluding hydrogens is 258 g/mol. The molecular formula is C10H19N3O6. The van der Waals surface area contributed by atoms with Crippen LogP contribution in [-0.2, 0) is 19.2 Å². The minimum Gasteiger partial charge on any atom is -0.449 e. The highest BCUT2D eigenvalue weighted by Crippen LogP contribution is 1.99. The van der Waals surface area contributed by atoms with E-state index in [4.69, 9.17) is 5.73 Å². The van der Waals surface area contributed by atoms with Gasteiger partial charge in [0, 0.05) is 13.0 Å². The quantitative estimate of drug-likeness (QED) is 0.165. The van der Waals surface area contributed by atoms with Crippen molar-refractivity contribution in [3.8, 4) is 0 Å². The first-order valence-corrected chi connectivity index (χ1v) is 5.95. The van der Waals surface area contributed by atoms with Gasteiger partial charge in [0.1, 0.15) is 0 Å². The molecule has 0 saturated carbocycles. The van der Waals surface area contributed by atoms with Gasteiger partial charge in [0.25, 0.3) is 11.6 Å². The second kappa shape index (κ2) is 11.2. The molecule has 0 saturated heterocycles. The van der Waals surface area contributed by atoms with Gasteiger partial charge in [-0.05, 0) is 25.7 Å². The van der Waals surface area contributed by atoms with Gasteiger partial charge in [0.2, 0.25) is 5.91 Å². The molecule has 0 heterocycles. The number of hydrogen-bond donors (Lipinski definition) is 2. The zero-order valence-corrected chi connectivity index (χ0v) is 10.6. The molecule has 0 aliphatic rings. The van der Waals surface area contributed by atoms with E-state index in [1.165, 1.54) is 0 Å². The number of rotatable bonds is 12. The summed E-state index contributed by atoms with van der Waals surface area (Å²) in [4.78, 5) is 35.1. The standard InChI is InChI=1S/C10H19N3O6/c11-9(18-8-14)4-1-2-6-12-10(15)5-3-7-19-13(16)17/h8-9H,1-7,11H2,(H,12,15). The van der Waals surface area contributed by atoms with E-state index in [0.29, 0.717) is 32.3 Å². The van der Waals surface area contributed by atoms with Gasteiger partial charge in [0.05, 0.1) is 6.61 Å². The summed E-state index contributed by atoms with van der Waals surface area (Å²) in [5.74, 6) is -0.180. The Bertz CT molecular complexity index is 286. The Hall–Kier alpha value is -1.90. The number of nitrogens with one attached hydrogen (secondary N) is 1. The molecule has 3 N–H and O–H groups in total. The van der Waals surface area contributed by atoms with Gasteiger partial charge in [-0.15, -0.1) is 10.1 Å². The summed E-state index contributed by atoms with van der Waals surface area (Å²) in [7, 11) is 0. The second-order valence-electron chi connectivity index (χ2n) is 3.78. The van der Waals surface area contributed by atoms with Crippen LogP contribution in [0.1, 0.15) is 32.1 Å². The van der Waals surface area contributed by atoms with Gasteiger partial charge in [0.15, 0.2) is 6.23 Å². The lowest BCUT2D eigenvalue weighted by Crippen LogP contribution is -2.26. The summed E-state index contributed by atoms with van der Waals surface area (Å²) in [5, 5.41) is 11.6. The zero-order chi connectivity index (χ0) is 14.5.